The largest absolute Gasteiger partial charge is 0.292 e. The van der Waals surface area contributed by atoms with Gasteiger partial charge in [0.25, 0.3) is 0 Å². The fourth-order valence-electron chi connectivity index (χ4n) is 2.49. The van der Waals surface area contributed by atoms with E-state index in [-0.39, 0.29) is 5.78 Å². The monoisotopic (exact) mass is 379 g/mol. The highest BCUT2D eigenvalue weighted by atomic mass is 79.9. The van der Waals surface area contributed by atoms with Crippen LogP contribution in [0.3, 0.4) is 0 Å². The number of hydrogen-bond donors (Lipinski definition) is 0. The van der Waals surface area contributed by atoms with Gasteiger partial charge in [0.05, 0.1) is 0 Å². The molecular weight excluding hydrogens is 370 g/mol. The summed E-state index contributed by atoms with van der Waals surface area (Å²) in [5, 5.41) is 0. The number of halogens is 2. The Bertz CT molecular complexity index is 654. The molecule has 1 aliphatic carbocycles. The first-order valence-electron chi connectivity index (χ1n) is 6.07. The van der Waals surface area contributed by atoms with Crippen molar-refractivity contribution in [2.75, 3.05) is 0 Å². The highest BCUT2D eigenvalue weighted by molar-refractivity contribution is 9.11. The Labute approximate surface area is 128 Å². The van der Waals surface area contributed by atoms with Gasteiger partial charge in [-0.3, -0.25) is 9.78 Å². The summed E-state index contributed by atoms with van der Waals surface area (Å²) in [6.45, 7) is 0. The lowest BCUT2D eigenvalue weighted by atomic mass is 9.75. The molecule has 19 heavy (non-hydrogen) atoms. The predicted molar refractivity (Wildman–Crippen MR) is 81.5 cm³/mol. The third-order valence-corrected chi connectivity index (χ3v) is 4.50. The Morgan fingerprint density at radius 3 is 2.84 bits per heavy atom. The van der Waals surface area contributed by atoms with Crippen LogP contribution in [-0.2, 0) is 6.42 Å². The molecule has 1 heterocycles. The van der Waals surface area contributed by atoms with Gasteiger partial charge >= 0.3 is 0 Å². The average molecular weight is 381 g/mol. The Morgan fingerprint density at radius 2 is 2.11 bits per heavy atom. The minimum Gasteiger partial charge on any atom is -0.292 e. The van der Waals surface area contributed by atoms with Gasteiger partial charge in [-0.25, -0.2) is 0 Å². The van der Waals surface area contributed by atoms with Crippen LogP contribution in [0, 0.1) is 0 Å². The van der Waals surface area contributed by atoms with E-state index in [0.717, 1.165) is 15.4 Å². The molecule has 1 aliphatic rings. The van der Waals surface area contributed by atoms with Crippen molar-refractivity contribution in [2.45, 2.75) is 18.8 Å². The summed E-state index contributed by atoms with van der Waals surface area (Å²) in [5.41, 5.74) is 3.19. The van der Waals surface area contributed by atoms with Crippen molar-refractivity contribution in [3.8, 4) is 0 Å². The van der Waals surface area contributed by atoms with Crippen LogP contribution in [0.1, 0.15) is 34.0 Å². The Kier molecular flexibility index (Phi) is 3.54. The minimum absolute atomic E-state index is 0.0962. The second-order valence-corrected chi connectivity index (χ2v) is 6.48. The van der Waals surface area contributed by atoms with E-state index in [0.29, 0.717) is 18.0 Å². The van der Waals surface area contributed by atoms with Crippen LogP contribution in [0.4, 0.5) is 0 Å². The standard InChI is InChI=1S/C15H11Br2NO/c16-11-7-13(17)15(18-8-11)14(19)6-10-5-9-3-1-2-4-12(9)10/h1-4,7-8,10H,5-6H2. The summed E-state index contributed by atoms with van der Waals surface area (Å²) in [5.74, 6) is 0.444. The minimum atomic E-state index is 0.0962. The SMILES string of the molecule is O=C(CC1Cc2ccccc21)c1ncc(Br)cc1Br. The molecule has 0 aliphatic heterocycles. The van der Waals surface area contributed by atoms with Gasteiger partial charge in [0.15, 0.2) is 5.78 Å². The first-order valence-corrected chi connectivity index (χ1v) is 7.66. The molecular formula is C15H11Br2NO. The zero-order valence-corrected chi connectivity index (χ0v) is 13.2. The highest BCUT2D eigenvalue weighted by Crippen LogP contribution is 2.38. The van der Waals surface area contributed by atoms with Gasteiger partial charge in [-0.2, -0.15) is 0 Å². The lowest BCUT2D eigenvalue weighted by Crippen LogP contribution is -2.20. The van der Waals surface area contributed by atoms with Crippen LogP contribution < -0.4 is 0 Å². The Balaban J connectivity index is 1.77. The van der Waals surface area contributed by atoms with Crippen molar-refractivity contribution in [1.82, 2.24) is 4.98 Å². The van der Waals surface area contributed by atoms with E-state index >= 15 is 0 Å². The third kappa shape index (κ3) is 2.51. The first-order chi connectivity index (χ1) is 9.15. The lowest BCUT2D eigenvalue weighted by molar-refractivity contribution is 0.0965. The van der Waals surface area contributed by atoms with Crippen molar-refractivity contribution in [2.24, 2.45) is 0 Å². The molecule has 1 aromatic heterocycles. The van der Waals surface area contributed by atoms with E-state index in [1.165, 1.54) is 11.1 Å². The molecule has 0 saturated carbocycles. The summed E-state index contributed by atoms with van der Waals surface area (Å²) in [4.78, 5) is 16.5. The smallest absolute Gasteiger partial charge is 0.182 e. The number of carbonyl (C=O) groups excluding carboxylic acids is 1. The van der Waals surface area contributed by atoms with Gasteiger partial charge in [-0.05, 0) is 61.4 Å². The molecule has 2 nitrogen and oxygen atoms in total. The second-order valence-electron chi connectivity index (χ2n) is 4.71. The van der Waals surface area contributed by atoms with Crippen LogP contribution in [0.15, 0.2) is 45.5 Å². The molecule has 0 bridgehead atoms. The summed E-state index contributed by atoms with van der Waals surface area (Å²) in [7, 11) is 0. The van der Waals surface area contributed by atoms with E-state index < -0.39 is 0 Å². The van der Waals surface area contributed by atoms with E-state index in [9.17, 15) is 4.79 Å². The Morgan fingerprint density at radius 1 is 1.32 bits per heavy atom. The number of fused-ring (bicyclic) bond motifs is 1. The summed E-state index contributed by atoms with van der Waals surface area (Å²) in [6, 6.07) is 10.2. The average Bonchev–Trinajstić information content (AvgIpc) is 2.35. The second kappa shape index (κ2) is 5.17. The molecule has 0 N–H and O–H groups in total. The van der Waals surface area contributed by atoms with E-state index in [2.05, 4.69) is 49.0 Å². The quantitative estimate of drug-likeness (QED) is 0.732. The molecule has 96 valence electrons. The van der Waals surface area contributed by atoms with Crippen LogP contribution in [0.5, 0.6) is 0 Å². The molecule has 3 rings (SSSR count). The van der Waals surface area contributed by atoms with Crippen LogP contribution in [0.25, 0.3) is 0 Å². The number of benzene rings is 1. The van der Waals surface area contributed by atoms with Crippen molar-refractivity contribution in [1.29, 1.82) is 0 Å². The van der Waals surface area contributed by atoms with Crippen LogP contribution in [0.2, 0.25) is 0 Å². The lowest BCUT2D eigenvalue weighted by Gasteiger charge is -2.29. The van der Waals surface area contributed by atoms with Gasteiger partial charge < -0.3 is 0 Å². The van der Waals surface area contributed by atoms with E-state index in [4.69, 9.17) is 0 Å². The zero-order valence-electron chi connectivity index (χ0n) is 10.1. The van der Waals surface area contributed by atoms with Crippen molar-refractivity contribution in [3.05, 3.63) is 62.3 Å². The number of pyridine rings is 1. The number of rotatable bonds is 3. The molecule has 1 atom stereocenters. The van der Waals surface area contributed by atoms with Gasteiger partial charge in [-0.15, -0.1) is 0 Å². The molecule has 1 aromatic carbocycles. The maximum absolute atomic E-state index is 12.3. The van der Waals surface area contributed by atoms with Crippen LogP contribution in [-0.4, -0.2) is 10.8 Å². The number of ketones is 1. The topological polar surface area (TPSA) is 30.0 Å². The maximum Gasteiger partial charge on any atom is 0.182 e. The van der Waals surface area contributed by atoms with Crippen molar-refractivity contribution < 1.29 is 4.79 Å². The van der Waals surface area contributed by atoms with Crippen molar-refractivity contribution >= 4 is 37.6 Å². The molecule has 0 amide bonds. The van der Waals surface area contributed by atoms with Gasteiger partial charge in [0, 0.05) is 21.6 Å². The molecule has 0 fully saturated rings. The van der Waals surface area contributed by atoms with Crippen molar-refractivity contribution in [3.63, 3.8) is 0 Å². The summed E-state index contributed by atoms with van der Waals surface area (Å²) < 4.78 is 1.62. The number of carbonyl (C=O) groups is 1. The molecule has 2 aromatic rings. The fourth-order valence-corrected chi connectivity index (χ4v) is 3.69. The number of nitrogens with zero attached hydrogens (tertiary/aromatic N) is 1. The number of hydrogen-bond acceptors (Lipinski definition) is 2. The van der Waals surface area contributed by atoms with Gasteiger partial charge in [0.2, 0.25) is 0 Å². The summed E-state index contributed by atoms with van der Waals surface area (Å²) >= 11 is 6.73. The molecule has 0 spiro atoms. The fraction of sp³-hybridized carbons (Fsp3) is 0.200. The van der Waals surface area contributed by atoms with Gasteiger partial charge in [0.1, 0.15) is 5.69 Å². The molecule has 0 saturated heterocycles. The molecule has 0 radical (unpaired) electrons. The Hall–Kier alpha value is -1.00. The van der Waals surface area contributed by atoms with E-state index in [1.54, 1.807) is 6.20 Å². The first kappa shape index (κ1) is 13.0. The van der Waals surface area contributed by atoms with E-state index in [1.807, 2.05) is 18.2 Å². The predicted octanol–water partition coefficient (Wildman–Crippen LogP) is 4.52. The van der Waals surface area contributed by atoms with Crippen LogP contribution >= 0.6 is 31.9 Å². The summed E-state index contributed by atoms with van der Waals surface area (Å²) in [6.07, 6.45) is 3.19. The zero-order chi connectivity index (χ0) is 13.4. The highest BCUT2D eigenvalue weighted by Gasteiger charge is 2.28. The number of Topliss-reactive ketones (excluding diaryl/α,β-unsaturated/α-hetero) is 1. The maximum atomic E-state index is 12.3. The van der Waals surface area contributed by atoms with Gasteiger partial charge in [-0.1, -0.05) is 24.3 Å². The molecule has 4 heteroatoms. The third-order valence-electron chi connectivity index (χ3n) is 3.46. The number of aromatic nitrogens is 1. The molecule has 1 unspecified atom stereocenters. The normalized spacial score (nSPS) is 16.6.